The maximum atomic E-state index is 8.77. The standard InChI is InChI=1S/C9H17NOS/c1-4-9-7(3)8(10-11)5-6(2)12-9/h6-7,9,11H,4-5H2,1-3H3/b10-8-/t6-,7+,9-/m1/s1. The predicted octanol–water partition coefficient (Wildman–Crippen LogP) is 2.76. The molecule has 3 heteroatoms. The van der Waals surface area contributed by atoms with Gasteiger partial charge in [-0.25, -0.2) is 0 Å². The van der Waals surface area contributed by atoms with Crippen molar-refractivity contribution in [1.82, 2.24) is 0 Å². The van der Waals surface area contributed by atoms with Crippen LogP contribution in [0.2, 0.25) is 0 Å². The van der Waals surface area contributed by atoms with E-state index in [9.17, 15) is 0 Å². The second-order valence-electron chi connectivity index (χ2n) is 3.48. The number of nitrogens with zero attached hydrogens (tertiary/aromatic N) is 1. The van der Waals surface area contributed by atoms with Crippen LogP contribution in [0.1, 0.15) is 33.6 Å². The topological polar surface area (TPSA) is 32.6 Å². The van der Waals surface area contributed by atoms with Gasteiger partial charge in [-0.1, -0.05) is 25.9 Å². The van der Waals surface area contributed by atoms with E-state index in [-0.39, 0.29) is 0 Å². The van der Waals surface area contributed by atoms with Crippen LogP contribution in [0.25, 0.3) is 0 Å². The minimum atomic E-state index is 0.446. The quantitative estimate of drug-likeness (QED) is 0.505. The molecule has 0 amide bonds. The van der Waals surface area contributed by atoms with Gasteiger partial charge in [0.25, 0.3) is 0 Å². The van der Waals surface area contributed by atoms with Gasteiger partial charge in [0, 0.05) is 22.8 Å². The molecule has 12 heavy (non-hydrogen) atoms. The molecule has 0 aromatic carbocycles. The minimum Gasteiger partial charge on any atom is -0.411 e. The zero-order valence-corrected chi connectivity index (χ0v) is 8.77. The third-order valence-electron chi connectivity index (χ3n) is 2.52. The van der Waals surface area contributed by atoms with E-state index in [1.54, 1.807) is 0 Å². The van der Waals surface area contributed by atoms with Gasteiger partial charge in [-0.15, -0.1) is 0 Å². The van der Waals surface area contributed by atoms with E-state index < -0.39 is 0 Å². The molecule has 0 unspecified atom stereocenters. The Morgan fingerprint density at radius 1 is 1.58 bits per heavy atom. The molecule has 70 valence electrons. The first kappa shape index (κ1) is 9.90. The van der Waals surface area contributed by atoms with Crippen LogP contribution in [0.15, 0.2) is 5.16 Å². The molecule has 0 aromatic rings. The van der Waals surface area contributed by atoms with Crippen LogP contribution >= 0.6 is 11.8 Å². The summed E-state index contributed by atoms with van der Waals surface area (Å²) in [5.41, 5.74) is 0.980. The summed E-state index contributed by atoms with van der Waals surface area (Å²) in [6.07, 6.45) is 2.11. The van der Waals surface area contributed by atoms with E-state index in [4.69, 9.17) is 5.21 Å². The SMILES string of the molecule is CC[C@H]1S[C@H](C)C/C(=N/O)[C@@H]1C. The molecule has 0 spiro atoms. The second kappa shape index (κ2) is 4.17. The molecule has 1 saturated heterocycles. The Morgan fingerprint density at radius 3 is 2.75 bits per heavy atom. The lowest BCUT2D eigenvalue weighted by Gasteiger charge is -2.32. The predicted molar refractivity (Wildman–Crippen MR) is 54.1 cm³/mol. The zero-order valence-electron chi connectivity index (χ0n) is 7.95. The Balaban J connectivity index is 2.68. The minimum absolute atomic E-state index is 0.446. The van der Waals surface area contributed by atoms with Gasteiger partial charge < -0.3 is 5.21 Å². The fourth-order valence-corrected chi connectivity index (χ4v) is 3.19. The Labute approximate surface area is 78.4 Å². The maximum absolute atomic E-state index is 8.77. The summed E-state index contributed by atoms with van der Waals surface area (Å²) in [6, 6.07) is 0. The molecular weight excluding hydrogens is 170 g/mol. The molecular formula is C9H17NOS. The highest BCUT2D eigenvalue weighted by Gasteiger charge is 2.29. The molecule has 1 aliphatic rings. The van der Waals surface area contributed by atoms with Crippen molar-refractivity contribution in [3.05, 3.63) is 0 Å². The first-order valence-electron chi connectivity index (χ1n) is 4.55. The lowest BCUT2D eigenvalue weighted by molar-refractivity contribution is 0.312. The van der Waals surface area contributed by atoms with E-state index in [1.807, 2.05) is 11.8 Å². The smallest absolute Gasteiger partial charge is 0.0620 e. The summed E-state index contributed by atoms with van der Waals surface area (Å²) in [7, 11) is 0. The Bertz CT molecular complexity index is 181. The summed E-state index contributed by atoms with van der Waals surface area (Å²) < 4.78 is 0. The third kappa shape index (κ3) is 1.94. The van der Waals surface area contributed by atoms with Gasteiger partial charge in [-0.05, 0) is 6.42 Å². The number of hydrogen-bond acceptors (Lipinski definition) is 3. The lowest BCUT2D eigenvalue weighted by Crippen LogP contribution is -2.32. The van der Waals surface area contributed by atoms with Gasteiger partial charge in [0.15, 0.2) is 0 Å². The van der Waals surface area contributed by atoms with Crippen molar-refractivity contribution in [2.45, 2.75) is 44.1 Å². The normalized spacial score (nSPS) is 40.2. The summed E-state index contributed by atoms with van der Waals surface area (Å²) in [4.78, 5) is 0. The van der Waals surface area contributed by atoms with Crippen LogP contribution in [0, 0.1) is 5.92 Å². The van der Waals surface area contributed by atoms with Crippen LogP contribution in [0.5, 0.6) is 0 Å². The molecule has 0 saturated carbocycles. The fraction of sp³-hybridized carbons (Fsp3) is 0.889. The molecule has 0 aromatic heterocycles. The fourth-order valence-electron chi connectivity index (χ4n) is 1.74. The van der Waals surface area contributed by atoms with Crippen LogP contribution in [0.4, 0.5) is 0 Å². The first-order valence-corrected chi connectivity index (χ1v) is 5.49. The average Bonchev–Trinajstić information content (AvgIpc) is 2.08. The molecule has 2 nitrogen and oxygen atoms in total. The van der Waals surface area contributed by atoms with Gasteiger partial charge in [0.1, 0.15) is 0 Å². The molecule has 0 radical (unpaired) electrons. The second-order valence-corrected chi connectivity index (χ2v) is 5.16. The molecule has 1 aliphatic heterocycles. The van der Waals surface area contributed by atoms with Crippen molar-refractivity contribution in [1.29, 1.82) is 0 Å². The highest BCUT2D eigenvalue weighted by Crippen LogP contribution is 2.35. The van der Waals surface area contributed by atoms with Crippen LogP contribution in [0.3, 0.4) is 0 Å². The summed E-state index contributed by atoms with van der Waals surface area (Å²) in [5.74, 6) is 0.446. The molecule has 3 atom stereocenters. The van der Waals surface area contributed by atoms with Crippen LogP contribution in [-0.4, -0.2) is 21.4 Å². The van der Waals surface area contributed by atoms with E-state index in [0.717, 1.165) is 18.6 Å². The van der Waals surface area contributed by atoms with E-state index in [0.29, 0.717) is 16.4 Å². The number of thioether (sulfide) groups is 1. The van der Waals surface area contributed by atoms with E-state index in [1.165, 1.54) is 0 Å². The van der Waals surface area contributed by atoms with Gasteiger partial charge >= 0.3 is 0 Å². The summed E-state index contributed by atoms with van der Waals surface area (Å²) in [5, 5.41) is 13.4. The molecule has 1 fully saturated rings. The largest absolute Gasteiger partial charge is 0.411 e. The monoisotopic (exact) mass is 187 g/mol. The third-order valence-corrected chi connectivity index (χ3v) is 4.24. The van der Waals surface area contributed by atoms with Crippen molar-refractivity contribution in [3.8, 4) is 0 Å². The first-order chi connectivity index (χ1) is 5.69. The Hall–Kier alpha value is -0.180. The molecule has 1 heterocycles. The van der Waals surface area contributed by atoms with Crippen LogP contribution < -0.4 is 0 Å². The number of oxime groups is 1. The Kier molecular flexibility index (Phi) is 3.44. The van der Waals surface area contributed by atoms with Crippen molar-refractivity contribution < 1.29 is 5.21 Å². The van der Waals surface area contributed by atoms with Gasteiger partial charge in [0.05, 0.1) is 5.71 Å². The van der Waals surface area contributed by atoms with E-state index in [2.05, 4.69) is 25.9 Å². The number of hydrogen-bond donors (Lipinski definition) is 1. The summed E-state index contributed by atoms with van der Waals surface area (Å²) >= 11 is 2.02. The van der Waals surface area contributed by atoms with Crippen molar-refractivity contribution in [2.24, 2.45) is 11.1 Å². The van der Waals surface area contributed by atoms with Gasteiger partial charge in [0.2, 0.25) is 0 Å². The molecule has 1 N–H and O–H groups in total. The maximum Gasteiger partial charge on any atom is 0.0620 e. The van der Waals surface area contributed by atoms with Crippen molar-refractivity contribution in [2.75, 3.05) is 0 Å². The lowest BCUT2D eigenvalue weighted by atomic mass is 9.95. The average molecular weight is 187 g/mol. The van der Waals surface area contributed by atoms with E-state index >= 15 is 0 Å². The molecule has 1 rings (SSSR count). The summed E-state index contributed by atoms with van der Waals surface area (Å²) in [6.45, 7) is 6.55. The Morgan fingerprint density at radius 2 is 2.25 bits per heavy atom. The van der Waals surface area contributed by atoms with Crippen molar-refractivity contribution in [3.63, 3.8) is 0 Å². The van der Waals surface area contributed by atoms with Gasteiger partial charge in [-0.3, -0.25) is 0 Å². The molecule has 0 bridgehead atoms. The highest BCUT2D eigenvalue weighted by atomic mass is 32.2. The van der Waals surface area contributed by atoms with Gasteiger partial charge in [-0.2, -0.15) is 11.8 Å². The highest BCUT2D eigenvalue weighted by molar-refractivity contribution is 8.00. The zero-order chi connectivity index (χ0) is 9.14. The van der Waals surface area contributed by atoms with Crippen molar-refractivity contribution >= 4 is 17.5 Å². The molecule has 0 aliphatic carbocycles. The number of rotatable bonds is 1. The van der Waals surface area contributed by atoms with Crippen LogP contribution in [-0.2, 0) is 0 Å².